The fourth-order valence-electron chi connectivity index (χ4n) is 2.84. The molecule has 0 aliphatic carbocycles. The predicted molar refractivity (Wildman–Crippen MR) is 90.3 cm³/mol. The standard InChI is InChI=1S/C18H28N2O4/c1-3-4-9-19(15(2)21)14-18(22)20(12-16-7-5-10-23-16)13-17-8-6-11-24-17/h5,7,10,17H,3-4,6,8-9,11-14H2,1-2H3/t17-/m1/s1. The molecule has 1 aromatic rings. The number of amides is 2. The Kier molecular flexibility index (Phi) is 7.31. The summed E-state index contributed by atoms with van der Waals surface area (Å²) in [6.07, 6.45) is 5.57. The first-order chi connectivity index (χ1) is 11.6. The highest BCUT2D eigenvalue weighted by molar-refractivity contribution is 5.83. The largest absolute Gasteiger partial charge is 0.467 e. The smallest absolute Gasteiger partial charge is 0.242 e. The average Bonchev–Trinajstić information content (AvgIpc) is 3.24. The van der Waals surface area contributed by atoms with Gasteiger partial charge in [0, 0.05) is 26.6 Å². The van der Waals surface area contributed by atoms with Crippen LogP contribution in [0.4, 0.5) is 0 Å². The second-order valence-electron chi connectivity index (χ2n) is 6.28. The summed E-state index contributed by atoms with van der Waals surface area (Å²) in [5.41, 5.74) is 0. The molecule has 1 saturated heterocycles. The van der Waals surface area contributed by atoms with Gasteiger partial charge in [-0.3, -0.25) is 9.59 Å². The van der Waals surface area contributed by atoms with Crippen molar-refractivity contribution in [3.63, 3.8) is 0 Å². The van der Waals surface area contributed by atoms with Crippen LogP contribution in [0.1, 0.15) is 45.3 Å². The van der Waals surface area contributed by atoms with E-state index in [4.69, 9.17) is 9.15 Å². The Morgan fingerprint density at radius 2 is 2.17 bits per heavy atom. The highest BCUT2D eigenvalue weighted by atomic mass is 16.5. The number of hydrogen-bond donors (Lipinski definition) is 0. The van der Waals surface area contributed by atoms with Gasteiger partial charge in [0.2, 0.25) is 11.8 Å². The van der Waals surface area contributed by atoms with Crippen molar-refractivity contribution in [1.82, 2.24) is 9.80 Å². The van der Waals surface area contributed by atoms with Crippen LogP contribution in [0.2, 0.25) is 0 Å². The monoisotopic (exact) mass is 336 g/mol. The molecule has 0 spiro atoms. The highest BCUT2D eigenvalue weighted by Gasteiger charge is 2.25. The van der Waals surface area contributed by atoms with Crippen LogP contribution in [-0.4, -0.2) is 54.0 Å². The Morgan fingerprint density at radius 1 is 1.33 bits per heavy atom. The highest BCUT2D eigenvalue weighted by Crippen LogP contribution is 2.16. The van der Waals surface area contributed by atoms with Crippen LogP contribution < -0.4 is 0 Å². The van der Waals surface area contributed by atoms with E-state index in [-0.39, 0.29) is 24.5 Å². The molecule has 6 nitrogen and oxygen atoms in total. The zero-order valence-electron chi connectivity index (χ0n) is 14.7. The van der Waals surface area contributed by atoms with E-state index in [1.807, 2.05) is 12.1 Å². The van der Waals surface area contributed by atoms with Crippen LogP contribution in [0.15, 0.2) is 22.8 Å². The Balaban J connectivity index is 1.99. The molecule has 6 heteroatoms. The summed E-state index contributed by atoms with van der Waals surface area (Å²) in [7, 11) is 0. The zero-order valence-corrected chi connectivity index (χ0v) is 14.7. The van der Waals surface area contributed by atoms with Gasteiger partial charge in [-0.15, -0.1) is 0 Å². The van der Waals surface area contributed by atoms with E-state index in [1.165, 1.54) is 6.92 Å². The second-order valence-corrected chi connectivity index (χ2v) is 6.28. The van der Waals surface area contributed by atoms with Gasteiger partial charge in [-0.05, 0) is 31.4 Å². The molecule has 1 aliphatic heterocycles. The summed E-state index contributed by atoms with van der Waals surface area (Å²) in [6.45, 7) is 6.02. The lowest BCUT2D eigenvalue weighted by molar-refractivity contribution is -0.141. The predicted octanol–water partition coefficient (Wildman–Crippen LogP) is 2.44. The summed E-state index contributed by atoms with van der Waals surface area (Å²) in [5.74, 6) is 0.615. The summed E-state index contributed by atoms with van der Waals surface area (Å²) in [4.78, 5) is 27.9. The lowest BCUT2D eigenvalue weighted by Crippen LogP contribution is -2.44. The van der Waals surface area contributed by atoms with E-state index in [2.05, 4.69) is 6.92 Å². The maximum atomic E-state index is 12.8. The summed E-state index contributed by atoms with van der Waals surface area (Å²) in [6, 6.07) is 3.67. The number of nitrogens with zero attached hydrogens (tertiary/aromatic N) is 2. The molecule has 2 heterocycles. The van der Waals surface area contributed by atoms with Crippen LogP contribution in [0.5, 0.6) is 0 Å². The first-order valence-electron chi connectivity index (χ1n) is 8.77. The molecule has 0 aromatic carbocycles. The third-order valence-electron chi connectivity index (χ3n) is 4.28. The molecule has 1 atom stereocenters. The third-order valence-corrected chi connectivity index (χ3v) is 4.28. The van der Waals surface area contributed by atoms with Crippen molar-refractivity contribution in [3.05, 3.63) is 24.2 Å². The summed E-state index contributed by atoms with van der Waals surface area (Å²) < 4.78 is 11.0. The van der Waals surface area contributed by atoms with Crippen molar-refractivity contribution in [3.8, 4) is 0 Å². The Labute approximate surface area is 143 Å². The van der Waals surface area contributed by atoms with E-state index < -0.39 is 0 Å². The molecule has 0 radical (unpaired) electrons. The number of furan rings is 1. The Bertz CT molecular complexity index is 509. The van der Waals surface area contributed by atoms with E-state index in [1.54, 1.807) is 16.1 Å². The van der Waals surface area contributed by atoms with E-state index in [0.717, 1.165) is 38.1 Å². The van der Waals surface area contributed by atoms with Gasteiger partial charge in [-0.1, -0.05) is 13.3 Å². The zero-order chi connectivity index (χ0) is 17.4. The van der Waals surface area contributed by atoms with Crippen molar-refractivity contribution < 1.29 is 18.7 Å². The summed E-state index contributed by atoms with van der Waals surface area (Å²) in [5, 5.41) is 0. The maximum absolute atomic E-state index is 12.8. The topological polar surface area (TPSA) is 63.0 Å². The Morgan fingerprint density at radius 3 is 2.75 bits per heavy atom. The SMILES string of the molecule is CCCCN(CC(=O)N(Cc1ccco1)C[C@H]1CCCO1)C(C)=O. The van der Waals surface area contributed by atoms with E-state index in [0.29, 0.717) is 19.6 Å². The lowest BCUT2D eigenvalue weighted by atomic mass is 10.2. The van der Waals surface area contributed by atoms with Gasteiger partial charge in [0.1, 0.15) is 5.76 Å². The minimum atomic E-state index is -0.0631. The molecule has 0 saturated carbocycles. The number of carbonyl (C=O) groups is 2. The molecule has 24 heavy (non-hydrogen) atoms. The minimum Gasteiger partial charge on any atom is -0.467 e. The third kappa shape index (κ3) is 5.67. The number of hydrogen-bond acceptors (Lipinski definition) is 4. The van der Waals surface area contributed by atoms with Gasteiger partial charge in [0.15, 0.2) is 0 Å². The number of unbranched alkanes of at least 4 members (excludes halogenated alkanes) is 1. The van der Waals surface area contributed by atoms with Gasteiger partial charge in [0.25, 0.3) is 0 Å². The molecule has 1 aromatic heterocycles. The molecule has 0 unspecified atom stereocenters. The first-order valence-corrected chi connectivity index (χ1v) is 8.77. The number of rotatable bonds is 9. The summed E-state index contributed by atoms with van der Waals surface area (Å²) >= 11 is 0. The van der Waals surface area contributed by atoms with Crippen LogP contribution in [0.25, 0.3) is 0 Å². The van der Waals surface area contributed by atoms with Crippen LogP contribution in [0, 0.1) is 0 Å². The van der Waals surface area contributed by atoms with Crippen molar-refractivity contribution in [2.75, 3.05) is 26.2 Å². The van der Waals surface area contributed by atoms with Gasteiger partial charge in [0.05, 0.1) is 25.5 Å². The molecule has 1 fully saturated rings. The van der Waals surface area contributed by atoms with Crippen molar-refractivity contribution in [1.29, 1.82) is 0 Å². The maximum Gasteiger partial charge on any atom is 0.242 e. The molecule has 2 rings (SSSR count). The van der Waals surface area contributed by atoms with E-state index >= 15 is 0 Å². The Hall–Kier alpha value is -1.82. The quantitative estimate of drug-likeness (QED) is 0.695. The number of carbonyl (C=O) groups excluding carboxylic acids is 2. The molecular weight excluding hydrogens is 308 g/mol. The van der Waals surface area contributed by atoms with Crippen LogP contribution in [-0.2, 0) is 20.9 Å². The minimum absolute atomic E-state index is 0.0618. The molecule has 134 valence electrons. The van der Waals surface area contributed by atoms with Gasteiger partial charge < -0.3 is 19.0 Å². The second kappa shape index (κ2) is 9.47. The van der Waals surface area contributed by atoms with Gasteiger partial charge >= 0.3 is 0 Å². The van der Waals surface area contributed by atoms with E-state index in [9.17, 15) is 9.59 Å². The first kappa shape index (κ1) is 18.5. The molecule has 1 aliphatic rings. The van der Waals surface area contributed by atoms with Crippen molar-refractivity contribution in [2.45, 2.75) is 52.2 Å². The average molecular weight is 336 g/mol. The fraction of sp³-hybridized carbons (Fsp3) is 0.667. The van der Waals surface area contributed by atoms with Crippen molar-refractivity contribution >= 4 is 11.8 Å². The fourth-order valence-corrected chi connectivity index (χ4v) is 2.84. The normalized spacial score (nSPS) is 17.0. The molecule has 2 amide bonds. The molecule has 0 N–H and O–H groups in total. The van der Waals surface area contributed by atoms with Crippen LogP contribution in [0.3, 0.4) is 0 Å². The van der Waals surface area contributed by atoms with Gasteiger partial charge in [-0.2, -0.15) is 0 Å². The van der Waals surface area contributed by atoms with Crippen molar-refractivity contribution in [2.24, 2.45) is 0 Å². The van der Waals surface area contributed by atoms with Crippen LogP contribution >= 0.6 is 0 Å². The lowest BCUT2D eigenvalue weighted by Gasteiger charge is -2.28. The molecule has 0 bridgehead atoms. The number of ether oxygens (including phenoxy) is 1. The molecular formula is C18H28N2O4. The van der Waals surface area contributed by atoms with Gasteiger partial charge in [-0.25, -0.2) is 0 Å².